The smallest absolute Gasteiger partial charge is 0.338 e. The summed E-state index contributed by atoms with van der Waals surface area (Å²) in [7, 11) is 1.58. The van der Waals surface area contributed by atoms with Crippen LogP contribution in [0.2, 0.25) is 0 Å². The summed E-state index contributed by atoms with van der Waals surface area (Å²) >= 11 is 0. The number of hydrogen-bond donors (Lipinski definition) is 2. The summed E-state index contributed by atoms with van der Waals surface area (Å²) in [4.78, 5) is 44.2. The molecule has 1 aromatic rings. The van der Waals surface area contributed by atoms with Crippen LogP contribution in [0.4, 0.5) is 9.59 Å². The maximum Gasteiger partial charge on any atom is 0.338 e. The monoisotopic (exact) mass is 487 g/mol. The number of nitrogens with zero attached hydrogens (tertiary/aromatic N) is 3. The minimum absolute atomic E-state index is 0.0526. The third-order valence-electron chi connectivity index (χ3n) is 6.24. The van der Waals surface area contributed by atoms with Gasteiger partial charge in [-0.1, -0.05) is 19.1 Å². The van der Waals surface area contributed by atoms with Gasteiger partial charge in [-0.3, -0.25) is 9.80 Å². The Bertz CT molecular complexity index is 942. The first-order valence-corrected chi connectivity index (χ1v) is 12.3. The lowest BCUT2D eigenvalue weighted by molar-refractivity contribution is -0.139. The molecule has 2 aliphatic rings. The van der Waals surface area contributed by atoms with Gasteiger partial charge >= 0.3 is 18.0 Å². The zero-order valence-electron chi connectivity index (χ0n) is 21.1. The predicted molar refractivity (Wildman–Crippen MR) is 132 cm³/mol. The molecule has 1 aromatic carbocycles. The number of methoxy groups -OCH3 is 1. The van der Waals surface area contributed by atoms with Gasteiger partial charge in [0.25, 0.3) is 0 Å². The first-order chi connectivity index (χ1) is 16.9. The van der Waals surface area contributed by atoms with Gasteiger partial charge in [-0.25, -0.2) is 14.4 Å². The number of ether oxygens (including phenoxy) is 2. The normalized spacial score (nSPS) is 18.9. The van der Waals surface area contributed by atoms with Gasteiger partial charge in [-0.2, -0.15) is 0 Å². The molecule has 0 aromatic heterocycles. The predicted octanol–water partition coefficient (Wildman–Crippen LogP) is 2.34. The molecule has 0 radical (unpaired) electrons. The van der Waals surface area contributed by atoms with Crippen LogP contribution >= 0.6 is 0 Å². The maximum absolute atomic E-state index is 13.2. The second-order valence-electron chi connectivity index (χ2n) is 8.48. The summed E-state index contributed by atoms with van der Waals surface area (Å²) in [5, 5.41) is 5.89. The molecule has 2 heterocycles. The van der Waals surface area contributed by atoms with Crippen LogP contribution in [0.5, 0.6) is 5.75 Å². The Morgan fingerprint density at radius 3 is 2.51 bits per heavy atom. The van der Waals surface area contributed by atoms with Crippen LogP contribution in [0.25, 0.3) is 0 Å². The molecule has 1 saturated heterocycles. The summed E-state index contributed by atoms with van der Waals surface area (Å²) in [6.45, 7) is 9.80. The van der Waals surface area contributed by atoms with Crippen LogP contribution in [0.3, 0.4) is 0 Å². The van der Waals surface area contributed by atoms with E-state index in [9.17, 15) is 14.4 Å². The van der Waals surface area contributed by atoms with Crippen molar-refractivity contribution in [2.45, 2.75) is 33.2 Å². The summed E-state index contributed by atoms with van der Waals surface area (Å²) < 4.78 is 10.8. The van der Waals surface area contributed by atoms with Gasteiger partial charge in [0.05, 0.1) is 25.3 Å². The number of amides is 4. The first-order valence-electron chi connectivity index (χ1n) is 12.3. The Morgan fingerprint density at radius 2 is 1.89 bits per heavy atom. The summed E-state index contributed by atoms with van der Waals surface area (Å²) in [5.74, 6) is 0.184. The maximum atomic E-state index is 13.2. The zero-order valence-corrected chi connectivity index (χ0v) is 21.1. The number of hydrogen-bond acceptors (Lipinski definition) is 6. The van der Waals surface area contributed by atoms with Gasteiger partial charge in [-0.15, -0.1) is 0 Å². The molecule has 1 fully saturated rings. The Balaban J connectivity index is 1.91. The fraction of sp³-hybridized carbons (Fsp3) is 0.560. The summed E-state index contributed by atoms with van der Waals surface area (Å²) in [5.41, 5.74) is 1.79. The highest BCUT2D eigenvalue weighted by Gasteiger charge is 2.38. The number of esters is 1. The molecule has 2 aliphatic heterocycles. The van der Waals surface area contributed by atoms with Crippen molar-refractivity contribution in [2.75, 3.05) is 59.5 Å². The number of likely N-dealkylation sites (N-methyl/N-ethyl adjacent to an activating group) is 1. The van der Waals surface area contributed by atoms with Crippen molar-refractivity contribution in [3.05, 3.63) is 41.1 Å². The van der Waals surface area contributed by atoms with E-state index in [2.05, 4.69) is 15.5 Å². The molecule has 0 aliphatic carbocycles. The number of benzene rings is 1. The molecule has 0 spiro atoms. The van der Waals surface area contributed by atoms with Gasteiger partial charge < -0.3 is 25.0 Å². The molecule has 192 valence electrons. The molecule has 10 heteroatoms. The number of carbonyl (C=O) groups excluding carboxylic acids is 3. The fourth-order valence-corrected chi connectivity index (χ4v) is 4.39. The van der Waals surface area contributed by atoms with E-state index in [0.717, 1.165) is 12.0 Å². The molecule has 0 saturated carbocycles. The molecule has 2 N–H and O–H groups in total. The van der Waals surface area contributed by atoms with Crippen molar-refractivity contribution in [1.82, 2.24) is 25.3 Å². The number of carbonyl (C=O) groups is 3. The van der Waals surface area contributed by atoms with Gasteiger partial charge in [0.1, 0.15) is 5.75 Å². The molecular weight excluding hydrogens is 450 g/mol. The Kier molecular flexibility index (Phi) is 9.36. The lowest BCUT2D eigenvalue weighted by Gasteiger charge is -2.40. The SMILES string of the molecule is CCCNC(=O)N1CCN(CC2=C(C(=O)OCC)[C@H](c3cccc(OC)c3)NC(=O)N2CC)CC1. The van der Waals surface area contributed by atoms with Gasteiger partial charge in [0.2, 0.25) is 0 Å². The van der Waals surface area contributed by atoms with E-state index in [1.165, 1.54) is 0 Å². The van der Waals surface area contributed by atoms with Gasteiger partial charge in [0.15, 0.2) is 0 Å². The molecule has 0 unspecified atom stereocenters. The molecule has 35 heavy (non-hydrogen) atoms. The van der Waals surface area contributed by atoms with E-state index in [4.69, 9.17) is 9.47 Å². The average Bonchev–Trinajstić information content (AvgIpc) is 2.87. The third kappa shape index (κ3) is 6.25. The summed E-state index contributed by atoms with van der Waals surface area (Å²) in [6, 6.07) is 6.35. The molecule has 0 bridgehead atoms. The third-order valence-corrected chi connectivity index (χ3v) is 6.24. The van der Waals surface area contributed by atoms with Crippen LogP contribution in [-0.2, 0) is 9.53 Å². The van der Waals surface area contributed by atoms with Crippen LogP contribution in [0.15, 0.2) is 35.5 Å². The standard InChI is InChI=1S/C25H37N5O5/c1-5-11-26-24(32)29-14-12-28(13-15-29)17-20-21(23(31)35-7-3)22(27-25(33)30(20)6-2)18-9-8-10-19(16-18)34-4/h8-10,16,22H,5-7,11-15,17H2,1-4H3,(H,26,32)(H,27,33)/t22-/m0/s1. The zero-order chi connectivity index (χ0) is 25.4. The van der Waals surface area contributed by atoms with Crippen molar-refractivity contribution in [2.24, 2.45) is 0 Å². The topological polar surface area (TPSA) is 103 Å². The molecule has 1 atom stereocenters. The number of piperazine rings is 1. The lowest BCUT2D eigenvalue weighted by atomic mass is 9.94. The molecule has 4 amide bonds. The Hall–Kier alpha value is -3.27. The van der Waals surface area contributed by atoms with Gasteiger partial charge in [-0.05, 0) is 38.0 Å². The van der Waals surface area contributed by atoms with Crippen LogP contribution in [-0.4, -0.2) is 92.3 Å². The van der Waals surface area contributed by atoms with Crippen LogP contribution < -0.4 is 15.4 Å². The van der Waals surface area contributed by atoms with Crippen molar-refractivity contribution < 1.29 is 23.9 Å². The van der Waals surface area contributed by atoms with Crippen LogP contribution in [0, 0.1) is 0 Å². The average molecular weight is 488 g/mol. The highest BCUT2D eigenvalue weighted by atomic mass is 16.5. The van der Waals surface area contributed by atoms with E-state index < -0.39 is 12.0 Å². The van der Waals surface area contributed by atoms with Crippen molar-refractivity contribution in [3.8, 4) is 5.75 Å². The Labute approximate surface area is 207 Å². The second kappa shape index (κ2) is 12.4. The second-order valence-corrected chi connectivity index (χ2v) is 8.48. The highest BCUT2D eigenvalue weighted by Crippen LogP contribution is 2.33. The molecule has 3 rings (SSSR count). The van der Waals surface area contributed by atoms with E-state index in [1.54, 1.807) is 23.8 Å². The Morgan fingerprint density at radius 1 is 1.14 bits per heavy atom. The largest absolute Gasteiger partial charge is 0.497 e. The van der Waals surface area contributed by atoms with Crippen LogP contribution in [0.1, 0.15) is 38.8 Å². The number of urea groups is 2. The molecular formula is C25H37N5O5. The highest BCUT2D eigenvalue weighted by molar-refractivity contribution is 5.95. The lowest BCUT2D eigenvalue weighted by Crippen LogP contribution is -2.55. The minimum Gasteiger partial charge on any atom is -0.497 e. The van der Waals surface area contributed by atoms with Crippen molar-refractivity contribution >= 4 is 18.0 Å². The first kappa shape index (κ1) is 26.3. The van der Waals surface area contributed by atoms with E-state index in [1.807, 2.05) is 38.1 Å². The van der Waals surface area contributed by atoms with E-state index >= 15 is 0 Å². The fourth-order valence-electron chi connectivity index (χ4n) is 4.39. The van der Waals surface area contributed by atoms with E-state index in [0.29, 0.717) is 62.8 Å². The van der Waals surface area contributed by atoms with Gasteiger partial charge in [0, 0.05) is 51.5 Å². The van der Waals surface area contributed by atoms with E-state index in [-0.39, 0.29) is 18.7 Å². The van der Waals surface area contributed by atoms with Crippen molar-refractivity contribution in [3.63, 3.8) is 0 Å². The minimum atomic E-state index is -0.657. The quantitative estimate of drug-likeness (QED) is 0.519. The summed E-state index contributed by atoms with van der Waals surface area (Å²) in [6.07, 6.45) is 0.889. The molecule has 10 nitrogen and oxygen atoms in total. The number of rotatable bonds is 9. The number of nitrogens with one attached hydrogen (secondary N) is 2. The van der Waals surface area contributed by atoms with Crippen molar-refractivity contribution in [1.29, 1.82) is 0 Å².